The summed E-state index contributed by atoms with van der Waals surface area (Å²) in [5, 5.41) is 35.8. The molecule has 7 aliphatic rings. The lowest BCUT2D eigenvalue weighted by Crippen LogP contribution is -2.67. The molecule has 240 valence electrons. The van der Waals surface area contributed by atoms with Crippen LogP contribution in [0, 0.1) is 33.5 Å². The number of benzene rings is 1. The van der Waals surface area contributed by atoms with Crippen molar-refractivity contribution >= 4 is 17.4 Å². The molecule has 1 aromatic carbocycles. The molecule has 8 atom stereocenters. The van der Waals surface area contributed by atoms with E-state index in [0.717, 1.165) is 43.2 Å². The van der Waals surface area contributed by atoms with Crippen LogP contribution in [0.2, 0.25) is 5.02 Å². The summed E-state index contributed by atoms with van der Waals surface area (Å²) in [6, 6.07) is 11.1. The Bertz CT molecular complexity index is 1560. The number of β-amino-alcohol motifs (C(OH)–C–C–N with tert-alkyl or cyclic N) is 1. The highest BCUT2D eigenvalue weighted by Crippen LogP contribution is 2.78. The van der Waals surface area contributed by atoms with Crippen LogP contribution in [-0.2, 0) is 5.60 Å². The van der Waals surface area contributed by atoms with Gasteiger partial charge in [0.15, 0.2) is 5.76 Å². The van der Waals surface area contributed by atoms with Crippen molar-refractivity contribution < 1.29 is 24.5 Å². The Hall–Kier alpha value is -2.22. The van der Waals surface area contributed by atoms with Gasteiger partial charge in [-0.05, 0) is 105 Å². The van der Waals surface area contributed by atoms with Gasteiger partial charge in [-0.3, -0.25) is 4.79 Å². The molecule has 8 unspecified atom stereocenters. The van der Waals surface area contributed by atoms with Crippen LogP contribution in [0.5, 0.6) is 0 Å². The number of fused-ring (bicyclic) bond motifs is 1. The maximum atomic E-state index is 14.4. The van der Waals surface area contributed by atoms with E-state index in [2.05, 4.69) is 37.0 Å². The van der Waals surface area contributed by atoms with Crippen LogP contribution < -0.4 is 0 Å². The first kappa shape index (κ1) is 30.1. The van der Waals surface area contributed by atoms with Gasteiger partial charge in [-0.2, -0.15) is 0 Å². The Kier molecular flexibility index (Phi) is 6.63. The van der Waals surface area contributed by atoms with E-state index in [-0.39, 0.29) is 40.0 Å². The third kappa shape index (κ3) is 3.99. The van der Waals surface area contributed by atoms with E-state index in [0.29, 0.717) is 56.1 Å². The Labute approximate surface area is 271 Å². The predicted octanol–water partition coefficient (Wildman–Crippen LogP) is 6.69. The third-order valence-corrected chi connectivity index (χ3v) is 14.5. The summed E-state index contributed by atoms with van der Waals surface area (Å²) < 4.78 is 5.70. The monoisotopic (exact) mass is 631 g/mol. The number of furan rings is 1. The van der Waals surface area contributed by atoms with Crippen molar-refractivity contribution in [3.8, 4) is 0 Å². The summed E-state index contributed by atoms with van der Waals surface area (Å²) >= 11 is 6.10. The van der Waals surface area contributed by atoms with Crippen molar-refractivity contribution in [2.45, 2.75) is 88.9 Å². The molecule has 7 heteroatoms. The molecular formula is C38H46ClNO5. The first-order valence-corrected chi connectivity index (χ1v) is 17.4. The molecule has 45 heavy (non-hydrogen) atoms. The van der Waals surface area contributed by atoms with Crippen LogP contribution in [0.25, 0.3) is 0 Å². The molecule has 4 fully saturated rings. The van der Waals surface area contributed by atoms with E-state index < -0.39 is 16.6 Å². The first-order chi connectivity index (χ1) is 21.4. The van der Waals surface area contributed by atoms with Crippen LogP contribution in [0.1, 0.15) is 87.8 Å². The number of Topliss-reactive ketones (excluding diaryl/α,β-unsaturated/α-hetero) is 1. The molecule has 1 aromatic heterocycles. The number of ketones is 1. The largest absolute Gasteiger partial charge is 0.461 e. The van der Waals surface area contributed by atoms with E-state index in [1.165, 1.54) is 0 Å². The number of aliphatic hydroxyl groups is 3. The number of allylic oxidation sites excluding steroid dienone is 4. The lowest BCUT2D eigenvalue weighted by atomic mass is 9.32. The molecule has 3 saturated carbocycles. The summed E-state index contributed by atoms with van der Waals surface area (Å²) in [6.07, 6.45) is 15.1. The van der Waals surface area contributed by atoms with Crippen molar-refractivity contribution in [3.63, 3.8) is 0 Å². The zero-order valence-corrected chi connectivity index (χ0v) is 27.2. The topological polar surface area (TPSA) is 94.1 Å². The van der Waals surface area contributed by atoms with E-state index in [4.69, 9.17) is 16.0 Å². The van der Waals surface area contributed by atoms with Crippen LogP contribution in [-0.4, -0.2) is 57.3 Å². The van der Waals surface area contributed by atoms with Gasteiger partial charge in [0.25, 0.3) is 0 Å². The molecule has 2 aromatic rings. The minimum absolute atomic E-state index is 0.0481. The molecule has 2 bridgehead atoms. The minimum atomic E-state index is -0.907. The standard InChI is InChI=1S/C38H46ClNO5/c1-33-12-9-27(41)22-35(33)15-16-38(28(23-35)32(42)29-4-3-21-45-29)30(33)10-13-34(2)31(38)11-14-37(34,44)24-40-19-17-36(43,18-20-40)25-5-7-26(39)8-6-25/h3-8,15-16,21,23,27,30-31,41,43-44H,9-14,17-20,22,24H2,1-2H3. The first-order valence-electron chi connectivity index (χ1n) is 17.0. The summed E-state index contributed by atoms with van der Waals surface area (Å²) in [6.45, 7) is 6.68. The number of halogens is 1. The predicted molar refractivity (Wildman–Crippen MR) is 173 cm³/mol. The minimum Gasteiger partial charge on any atom is -0.461 e. The highest BCUT2D eigenvalue weighted by molar-refractivity contribution is 6.30. The van der Waals surface area contributed by atoms with Gasteiger partial charge < -0.3 is 24.6 Å². The van der Waals surface area contributed by atoms with Gasteiger partial charge in [0.05, 0.1) is 23.6 Å². The molecule has 0 radical (unpaired) electrons. The molecule has 2 spiro atoms. The van der Waals surface area contributed by atoms with Crippen molar-refractivity contribution in [3.05, 3.63) is 82.8 Å². The molecule has 6 aliphatic carbocycles. The Morgan fingerprint density at radius 2 is 1.62 bits per heavy atom. The highest BCUT2D eigenvalue weighted by Gasteiger charge is 2.74. The number of aliphatic hydroxyl groups excluding tert-OH is 1. The van der Waals surface area contributed by atoms with Gasteiger partial charge in [0, 0.05) is 46.5 Å². The molecule has 1 saturated heterocycles. The highest BCUT2D eigenvalue weighted by atomic mass is 35.5. The van der Waals surface area contributed by atoms with Crippen molar-refractivity contribution in [1.82, 2.24) is 4.90 Å². The van der Waals surface area contributed by atoms with Gasteiger partial charge >= 0.3 is 0 Å². The molecule has 0 amide bonds. The van der Waals surface area contributed by atoms with Gasteiger partial charge in [-0.25, -0.2) is 0 Å². The Balaban J connectivity index is 1.12. The van der Waals surface area contributed by atoms with Crippen molar-refractivity contribution in [2.24, 2.45) is 33.5 Å². The van der Waals surface area contributed by atoms with Gasteiger partial charge in [-0.1, -0.05) is 55.8 Å². The number of likely N-dealkylation sites (tertiary alicyclic amines) is 1. The number of piperidine rings is 1. The fraction of sp³-hybridized carbons (Fsp3) is 0.605. The van der Waals surface area contributed by atoms with E-state index in [1.807, 2.05) is 24.3 Å². The summed E-state index contributed by atoms with van der Waals surface area (Å²) in [5.74, 6) is 0.680. The summed E-state index contributed by atoms with van der Waals surface area (Å²) in [4.78, 5) is 16.7. The number of nitrogens with zero attached hydrogens (tertiary/aromatic N) is 1. The molecular weight excluding hydrogens is 586 g/mol. The van der Waals surface area contributed by atoms with E-state index in [9.17, 15) is 20.1 Å². The van der Waals surface area contributed by atoms with Crippen LogP contribution in [0.3, 0.4) is 0 Å². The molecule has 1 aliphatic heterocycles. The van der Waals surface area contributed by atoms with E-state index in [1.54, 1.807) is 18.4 Å². The second-order valence-electron chi connectivity index (χ2n) is 15.9. The van der Waals surface area contributed by atoms with Gasteiger partial charge in [-0.15, -0.1) is 0 Å². The number of carbonyl (C=O) groups excluding carboxylic acids is 1. The fourth-order valence-corrected chi connectivity index (χ4v) is 11.8. The lowest BCUT2D eigenvalue weighted by Gasteiger charge is -2.71. The second kappa shape index (κ2) is 9.90. The van der Waals surface area contributed by atoms with Crippen LogP contribution >= 0.6 is 11.6 Å². The maximum absolute atomic E-state index is 14.4. The SMILES string of the molecule is CC12CCC(O)CC13C=CC1(C(C(=O)c4ccco4)=C3)C2CCC2(C)C1CCC2(O)CN1CCC(O)(c2ccc(Cl)cc2)CC1. The average molecular weight is 632 g/mol. The van der Waals surface area contributed by atoms with Gasteiger partial charge in [0.2, 0.25) is 5.78 Å². The lowest BCUT2D eigenvalue weighted by molar-refractivity contribution is -0.178. The van der Waals surface area contributed by atoms with Crippen molar-refractivity contribution in [1.29, 1.82) is 0 Å². The molecule has 9 rings (SSSR count). The smallest absolute Gasteiger partial charge is 0.224 e. The average Bonchev–Trinajstić information content (AvgIpc) is 3.65. The molecule has 2 heterocycles. The molecule has 6 nitrogen and oxygen atoms in total. The zero-order valence-electron chi connectivity index (χ0n) is 26.5. The second-order valence-corrected chi connectivity index (χ2v) is 16.4. The van der Waals surface area contributed by atoms with Gasteiger partial charge in [0.1, 0.15) is 0 Å². The summed E-state index contributed by atoms with van der Waals surface area (Å²) in [5.41, 5.74) is -1.37. The van der Waals surface area contributed by atoms with E-state index >= 15 is 0 Å². The number of hydrogen-bond acceptors (Lipinski definition) is 6. The fourth-order valence-electron chi connectivity index (χ4n) is 11.6. The van der Waals surface area contributed by atoms with Crippen molar-refractivity contribution in [2.75, 3.05) is 19.6 Å². The third-order valence-electron chi connectivity index (χ3n) is 14.3. The zero-order chi connectivity index (χ0) is 31.5. The number of rotatable bonds is 5. The van der Waals surface area contributed by atoms with Crippen LogP contribution in [0.4, 0.5) is 0 Å². The summed E-state index contributed by atoms with van der Waals surface area (Å²) in [7, 11) is 0. The Morgan fingerprint density at radius 1 is 0.933 bits per heavy atom. The quantitative estimate of drug-likeness (QED) is 0.251. The van der Waals surface area contributed by atoms with Crippen LogP contribution in [0.15, 0.2) is 70.9 Å². The maximum Gasteiger partial charge on any atom is 0.224 e. The number of hydrogen-bond donors (Lipinski definition) is 3. The number of carbonyl (C=O) groups is 1. The Morgan fingerprint density at radius 3 is 2.33 bits per heavy atom. The molecule has 3 N–H and O–H groups in total. The normalized spacial score (nSPS) is 43.3.